The highest BCUT2D eigenvalue weighted by Crippen LogP contribution is 2.41. The van der Waals surface area contributed by atoms with Gasteiger partial charge in [-0.3, -0.25) is 0 Å². The van der Waals surface area contributed by atoms with E-state index in [0.29, 0.717) is 17.5 Å². The maximum Gasteiger partial charge on any atom is 0.164 e. The van der Waals surface area contributed by atoms with Crippen LogP contribution in [0.4, 0.5) is 0 Å². The Morgan fingerprint density at radius 3 is 1.16 bits per heavy atom. The van der Waals surface area contributed by atoms with Crippen LogP contribution in [0.15, 0.2) is 243 Å². The predicted octanol–water partition coefficient (Wildman–Crippen LogP) is 16.4. The summed E-state index contributed by atoms with van der Waals surface area (Å²) in [5.41, 5.74) is 13.2. The van der Waals surface area contributed by atoms with Crippen LogP contribution in [-0.4, -0.2) is 19.5 Å². The third kappa shape index (κ3) is 6.74. The molecule has 0 bridgehead atoms. The van der Waals surface area contributed by atoms with Crippen LogP contribution in [0.1, 0.15) is 0 Å². The van der Waals surface area contributed by atoms with Gasteiger partial charge in [-0.25, -0.2) is 15.0 Å². The Hall–Kier alpha value is -8.99. The SMILES string of the molecule is c1ccc(-c2cccc(-c3nc(-c4cccc(-c5ccccc5)c4)nc(-c4ccc5c6ccccc6c6cc(-c7ccc8c(c7)c7ccccc7n8-c7ccccc7)ccc6c5c4)n3)c2)cc1. The minimum absolute atomic E-state index is 0.623. The van der Waals surface area contributed by atoms with Crippen LogP contribution in [-0.2, 0) is 0 Å². The second-order valence-corrected chi connectivity index (χ2v) is 17.2. The molecule has 0 amide bonds. The van der Waals surface area contributed by atoms with Gasteiger partial charge in [0.15, 0.2) is 17.5 Å². The van der Waals surface area contributed by atoms with Crippen LogP contribution in [0.25, 0.3) is 127 Å². The third-order valence-electron chi connectivity index (χ3n) is 13.2. The highest BCUT2D eigenvalue weighted by molar-refractivity contribution is 6.26. The Balaban J connectivity index is 0.977. The zero-order valence-electron chi connectivity index (χ0n) is 36.4. The van der Waals surface area contributed by atoms with Crippen molar-refractivity contribution in [3.63, 3.8) is 0 Å². The predicted molar refractivity (Wildman–Crippen MR) is 279 cm³/mol. The lowest BCUT2D eigenvalue weighted by Gasteiger charge is -2.14. The van der Waals surface area contributed by atoms with Crippen molar-refractivity contribution in [1.29, 1.82) is 0 Å². The monoisotopic (exact) mass is 852 g/mol. The maximum absolute atomic E-state index is 5.26. The van der Waals surface area contributed by atoms with Crippen molar-refractivity contribution in [3.8, 4) is 73.2 Å². The molecule has 2 aromatic heterocycles. The first kappa shape index (κ1) is 38.5. The molecule has 4 heteroatoms. The lowest BCUT2D eigenvalue weighted by Crippen LogP contribution is -2.00. The fourth-order valence-electron chi connectivity index (χ4n) is 9.98. The molecule has 0 fully saturated rings. The van der Waals surface area contributed by atoms with Crippen molar-refractivity contribution in [2.45, 2.75) is 0 Å². The Bertz CT molecular complexity index is 3920. The van der Waals surface area contributed by atoms with Crippen LogP contribution in [0.2, 0.25) is 0 Å². The van der Waals surface area contributed by atoms with Crippen molar-refractivity contribution in [1.82, 2.24) is 19.5 Å². The average molecular weight is 853 g/mol. The van der Waals surface area contributed by atoms with E-state index < -0.39 is 0 Å². The fraction of sp³-hybridized carbons (Fsp3) is 0. The number of aromatic nitrogens is 4. The Labute approximate surface area is 387 Å². The van der Waals surface area contributed by atoms with Gasteiger partial charge >= 0.3 is 0 Å². The first-order chi connectivity index (χ1) is 33.2. The molecule has 13 rings (SSSR count). The van der Waals surface area contributed by atoms with E-state index in [1.165, 1.54) is 59.9 Å². The summed E-state index contributed by atoms with van der Waals surface area (Å²) in [6, 6.07) is 86.5. The summed E-state index contributed by atoms with van der Waals surface area (Å²) in [5, 5.41) is 9.64. The van der Waals surface area contributed by atoms with E-state index >= 15 is 0 Å². The minimum Gasteiger partial charge on any atom is -0.309 e. The van der Waals surface area contributed by atoms with Crippen molar-refractivity contribution in [3.05, 3.63) is 243 Å². The number of para-hydroxylation sites is 2. The van der Waals surface area contributed by atoms with E-state index in [-0.39, 0.29) is 0 Å². The Kier molecular flexibility index (Phi) is 9.14. The molecule has 0 aliphatic rings. The molecule has 312 valence electrons. The van der Waals surface area contributed by atoms with Crippen molar-refractivity contribution in [2.24, 2.45) is 0 Å². The van der Waals surface area contributed by atoms with Gasteiger partial charge < -0.3 is 4.57 Å². The van der Waals surface area contributed by atoms with Crippen LogP contribution >= 0.6 is 0 Å². The fourth-order valence-corrected chi connectivity index (χ4v) is 9.98. The standard InChI is InChI=1S/C63H40N4/c1-4-16-41(17-5-1)43-20-14-22-47(36-43)61-64-62(48-23-15-21-44(37-48)42-18-6-2-7-19-42)66-63(65-61)49-31-34-53-51-26-10-11-27-52(51)56-38-45(30-33-54(56)57(53)40-49)46-32-35-60-58(39-46)55-28-12-13-29-59(55)67(60)50-24-8-3-9-25-50/h1-40H. The molecule has 0 spiro atoms. The van der Waals surface area contributed by atoms with E-state index in [1.54, 1.807) is 0 Å². The number of hydrogen-bond donors (Lipinski definition) is 0. The molecule has 0 saturated carbocycles. The van der Waals surface area contributed by atoms with Crippen LogP contribution in [0.3, 0.4) is 0 Å². The molecule has 0 unspecified atom stereocenters. The van der Waals surface area contributed by atoms with Gasteiger partial charge in [0.25, 0.3) is 0 Å². The molecule has 0 atom stereocenters. The van der Waals surface area contributed by atoms with Gasteiger partial charge in [-0.05, 0) is 120 Å². The molecule has 0 aliphatic heterocycles. The highest BCUT2D eigenvalue weighted by Gasteiger charge is 2.18. The number of rotatable bonds is 7. The lowest BCUT2D eigenvalue weighted by atomic mass is 9.91. The molecule has 0 saturated heterocycles. The molecule has 4 nitrogen and oxygen atoms in total. The number of fused-ring (bicyclic) bond motifs is 9. The van der Waals surface area contributed by atoms with Crippen LogP contribution < -0.4 is 0 Å². The van der Waals surface area contributed by atoms with Crippen molar-refractivity contribution < 1.29 is 0 Å². The second kappa shape index (κ2) is 15.9. The molecule has 0 radical (unpaired) electrons. The highest BCUT2D eigenvalue weighted by atomic mass is 15.0. The second-order valence-electron chi connectivity index (χ2n) is 17.2. The van der Waals surface area contributed by atoms with E-state index in [2.05, 4.69) is 235 Å². The summed E-state index contributed by atoms with van der Waals surface area (Å²) in [6.45, 7) is 0. The first-order valence-electron chi connectivity index (χ1n) is 22.8. The van der Waals surface area contributed by atoms with E-state index in [4.69, 9.17) is 15.0 Å². The van der Waals surface area contributed by atoms with Gasteiger partial charge in [0, 0.05) is 33.2 Å². The Morgan fingerprint density at radius 2 is 0.567 bits per heavy atom. The molecule has 2 heterocycles. The normalized spacial score (nSPS) is 11.6. The van der Waals surface area contributed by atoms with Gasteiger partial charge in [-0.2, -0.15) is 0 Å². The molecule has 11 aromatic carbocycles. The smallest absolute Gasteiger partial charge is 0.164 e. The van der Waals surface area contributed by atoms with Crippen LogP contribution in [0, 0.1) is 0 Å². The van der Waals surface area contributed by atoms with Gasteiger partial charge in [-0.1, -0.05) is 188 Å². The number of hydrogen-bond acceptors (Lipinski definition) is 3. The molecular weight excluding hydrogens is 813 g/mol. The van der Waals surface area contributed by atoms with E-state index in [9.17, 15) is 0 Å². The summed E-state index contributed by atoms with van der Waals surface area (Å²) in [5.74, 6) is 1.87. The summed E-state index contributed by atoms with van der Waals surface area (Å²) < 4.78 is 2.37. The molecule has 0 N–H and O–H groups in total. The first-order valence-corrected chi connectivity index (χ1v) is 22.8. The number of nitrogens with zero attached hydrogens (tertiary/aromatic N) is 4. The molecule has 0 aliphatic carbocycles. The van der Waals surface area contributed by atoms with E-state index in [0.717, 1.165) is 50.0 Å². The van der Waals surface area contributed by atoms with Crippen LogP contribution in [0.5, 0.6) is 0 Å². The summed E-state index contributed by atoms with van der Waals surface area (Å²) in [7, 11) is 0. The zero-order valence-corrected chi connectivity index (χ0v) is 36.4. The zero-order chi connectivity index (χ0) is 44.3. The van der Waals surface area contributed by atoms with Gasteiger partial charge in [-0.15, -0.1) is 0 Å². The Morgan fingerprint density at radius 1 is 0.209 bits per heavy atom. The topological polar surface area (TPSA) is 43.6 Å². The van der Waals surface area contributed by atoms with Crippen molar-refractivity contribution >= 4 is 54.1 Å². The maximum atomic E-state index is 5.26. The largest absolute Gasteiger partial charge is 0.309 e. The van der Waals surface area contributed by atoms with E-state index in [1.807, 2.05) is 12.1 Å². The summed E-state index contributed by atoms with van der Waals surface area (Å²) >= 11 is 0. The van der Waals surface area contributed by atoms with Gasteiger partial charge in [0.2, 0.25) is 0 Å². The third-order valence-corrected chi connectivity index (χ3v) is 13.2. The average Bonchev–Trinajstić information content (AvgIpc) is 3.75. The number of benzene rings is 11. The van der Waals surface area contributed by atoms with Gasteiger partial charge in [0.1, 0.15) is 0 Å². The quantitative estimate of drug-likeness (QED) is 0.150. The van der Waals surface area contributed by atoms with Crippen molar-refractivity contribution in [2.75, 3.05) is 0 Å². The lowest BCUT2D eigenvalue weighted by molar-refractivity contribution is 1.07. The van der Waals surface area contributed by atoms with Gasteiger partial charge in [0.05, 0.1) is 11.0 Å². The summed E-state index contributed by atoms with van der Waals surface area (Å²) in [6.07, 6.45) is 0. The summed E-state index contributed by atoms with van der Waals surface area (Å²) in [4.78, 5) is 15.7. The molecule has 13 aromatic rings. The minimum atomic E-state index is 0.623. The molecular formula is C63H40N4. The molecule has 67 heavy (non-hydrogen) atoms.